The second-order valence-electron chi connectivity index (χ2n) is 6.56. The van der Waals surface area contributed by atoms with Gasteiger partial charge < -0.3 is 0 Å². The predicted octanol–water partition coefficient (Wildman–Crippen LogP) is 8.99. The van der Waals surface area contributed by atoms with Crippen molar-refractivity contribution in [1.29, 1.82) is 0 Å². The Labute approximate surface area is 184 Å². The van der Waals surface area contributed by atoms with E-state index in [1.54, 1.807) is 0 Å². The van der Waals surface area contributed by atoms with Gasteiger partial charge in [-0.1, -0.05) is 132 Å². The molecule has 0 aliphatic heterocycles. The monoisotopic (exact) mass is 396 g/mol. The Bertz CT molecular complexity index is 895. The number of hydrogen-bond donors (Lipinski definition) is 0. The highest BCUT2D eigenvalue weighted by Gasteiger charge is 2.46. The van der Waals surface area contributed by atoms with Crippen LogP contribution < -0.4 is 0 Å². The molecule has 0 saturated heterocycles. The summed E-state index contributed by atoms with van der Waals surface area (Å²) in [7, 11) is 0. The Morgan fingerprint density at radius 3 is 1.40 bits per heavy atom. The van der Waals surface area contributed by atoms with Gasteiger partial charge in [0, 0.05) is 0 Å². The van der Waals surface area contributed by atoms with E-state index in [9.17, 15) is 0 Å². The van der Waals surface area contributed by atoms with Gasteiger partial charge >= 0.3 is 0 Å². The summed E-state index contributed by atoms with van der Waals surface area (Å²) in [4.78, 5) is 0. The third kappa shape index (κ3) is 4.09. The fourth-order valence-corrected chi connectivity index (χ4v) is 4.25. The van der Waals surface area contributed by atoms with Crippen LogP contribution in [0.1, 0.15) is 46.2 Å². The average Bonchev–Trinajstić information content (AvgIpc) is 3.06. The summed E-state index contributed by atoms with van der Waals surface area (Å²) < 4.78 is 0. The van der Waals surface area contributed by atoms with Crippen LogP contribution in [0.2, 0.25) is 0 Å². The van der Waals surface area contributed by atoms with Crippen molar-refractivity contribution in [3.63, 3.8) is 0 Å². The molecule has 0 nitrogen and oxygen atoms in total. The lowest BCUT2D eigenvalue weighted by Gasteiger charge is -2.35. The minimum atomic E-state index is -0.394. The maximum absolute atomic E-state index is 3.98. The molecule has 0 bridgehead atoms. The Hall–Kier alpha value is -3.12. The van der Waals surface area contributed by atoms with Gasteiger partial charge in [0.15, 0.2) is 0 Å². The van der Waals surface area contributed by atoms with Gasteiger partial charge in [0.25, 0.3) is 0 Å². The molecule has 2 aromatic carbocycles. The van der Waals surface area contributed by atoms with Crippen molar-refractivity contribution < 1.29 is 0 Å². The first-order valence-corrected chi connectivity index (χ1v) is 10.4. The highest BCUT2D eigenvalue weighted by atomic mass is 14.5. The van der Waals surface area contributed by atoms with E-state index in [0.717, 1.165) is 0 Å². The normalized spacial score (nSPS) is 14.4. The zero-order chi connectivity index (χ0) is 21.3. The van der Waals surface area contributed by atoms with Gasteiger partial charge in [-0.25, -0.2) is 0 Å². The summed E-state index contributed by atoms with van der Waals surface area (Å²) in [5, 5.41) is 0. The van der Waals surface area contributed by atoms with Gasteiger partial charge in [-0.2, -0.15) is 0 Å². The first-order chi connectivity index (χ1) is 14.2. The van der Waals surface area contributed by atoms with Crippen LogP contribution in [0.5, 0.6) is 0 Å². The molecular formula is C30H36. The minimum absolute atomic E-state index is 0. The van der Waals surface area contributed by atoms with Crippen molar-refractivity contribution in [1.82, 2.24) is 0 Å². The minimum Gasteiger partial charge on any atom is -0.0991 e. The van der Waals surface area contributed by atoms with Crippen LogP contribution in [0.4, 0.5) is 0 Å². The van der Waals surface area contributed by atoms with Crippen molar-refractivity contribution in [2.75, 3.05) is 0 Å². The maximum Gasteiger partial charge on any atom is 0.0713 e. The maximum atomic E-state index is 3.98. The molecule has 1 aliphatic rings. The van der Waals surface area contributed by atoms with Crippen LogP contribution in [0.3, 0.4) is 0 Å². The van der Waals surface area contributed by atoms with E-state index in [1.165, 1.54) is 33.4 Å². The summed E-state index contributed by atoms with van der Waals surface area (Å²) in [6.07, 6.45) is 16.6. The van der Waals surface area contributed by atoms with Crippen molar-refractivity contribution in [2.24, 2.45) is 0 Å². The molecule has 0 heteroatoms. The standard InChI is InChI=1S/C27H26.C2H6.CH4/c1-5-13-21(14-6-2)27(22(15-7-3)16-8-4)25-19-11-9-17-23(25)24-18-10-12-20-26(24)27;1-2;/h5-20H,1,3H2,2,4H3;1-2H3;1H4/b14-6-,16-8-,21-13+,22-15+;;. The van der Waals surface area contributed by atoms with Crippen LogP contribution in [0, 0.1) is 0 Å². The van der Waals surface area contributed by atoms with Crippen molar-refractivity contribution in [2.45, 2.75) is 40.5 Å². The molecule has 2 aromatic rings. The van der Waals surface area contributed by atoms with Crippen LogP contribution in [-0.2, 0) is 5.41 Å². The lowest BCUT2D eigenvalue weighted by molar-refractivity contribution is 0.765. The van der Waals surface area contributed by atoms with E-state index in [1.807, 2.05) is 26.0 Å². The molecule has 3 rings (SSSR count). The first kappa shape index (κ1) is 24.9. The molecule has 156 valence electrons. The molecule has 30 heavy (non-hydrogen) atoms. The summed E-state index contributed by atoms with van der Waals surface area (Å²) in [5.41, 5.74) is 7.16. The number of rotatable bonds is 6. The molecule has 0 amide bonds. The van der Waals surface area contributed by atoms with E-state index >= 15 is 0 Å². The fourth-order valence-electron chi connectivity index (χ4n) is 4.25. The van der Waals surface area contributed by atoms with E-state index < -0.39 is 5.41 Å². The molecule has 0 saturated carbocycles. The van der Waals surface area contributed by atoms with Crippen LogP contribution in [0.15, 0.2) is 121 Å². The van der Waals surface area contributed by atoms with Gasteiger partial charge in [-0.15, -0.1) is 0 Å². The Balaban J connectivity index is 0.00000146. The van der Waals surface area contributed by atoms with Gasteiger partial charge in [-0.05, 0) is 47.2 Å². The zero-order valence-electron chi connectivity index (χ0n) is 18.2. The summed E-state index contributed by atoms with van der Waals surface area (Å²) in [6.45, 7) is 16.1. The van der Waals surface area contributed by atoms with Gasteiger partial charge in [0.05, 0.1) is 5.41 Å². The van der Waals surface area contributed by atoms with E-state index in [4.69, 9.17) is 0 Å². The Morgan fingerprint density at radius 2 is 1.07 bits per heavy atom. The summed E-state index contributed by atoms with van der Waals surface area (Å²) in [5.74, 6) is 0. The summed E-state index contributed by atoms with van der Waals surface area (Å²) in [6, 6.07) is 17.4. The van der Waals surface area contributed by atoms with Crippen molar-refractivity contribution >= 4 is 0 Å². The SMILES string of the molecule is C.C=C/C=C(\C=C/C)C1(C(/C=C\C)=C/C=C)c2ccccc2-c2ccccc21.CC. The van der Waals surface area contributed by atoms with E-state index in [2.05, 4.69) is 112 Å². The van der Waals surface area contributed by atoms with Crippen molar-refractivity contribution in [3.05, 3.63) is 133 Å². The summed E-state index contributed by atoms with van der Waals surface area (Å²) >= 11 is 0. The van der Waals surface area contributed by atoms with Crippen LogP contribution in [0.25, 0.3) is 11.1 Å². The second-order valence-corrected chi connectivity index (χ2v) is 6.56. The topological polar surface area (TPSA) is 0 Å². The van der Waals surface area contributed by atoms with Gasteiger partial charge in [-0.3, -0.25) is 0 Å². The predicted molar refractivity (Wildman–Crippen MR) is 137 cm³/mol. The van der Waals surface area contributed by atoms with E-state index in [0.29, 0.717) is 0 Å². The number of hydrogen-bond acceptors (Lipinski definition) is 0. The second kappa shape index (κ2) is 11.8. The molecule has 0 spiro atoms. The number of allylic oxidation sites excluding steroid dienone is 10. The molecule has 0 atom stereocenters. The van der Waals surface area contributed by atoms with Crippen molar-refractivity contribution in [3.8, 4) is 11.1 Å². The lowest BCUT2D eigenvalue weighted by Crippen LogP contribution is -2.29. The largest absolute Gasteiger partial charge is 0.0991 e. The number of fused-ring (bicyclic) bond motifs is 3. The smallest absolute Gasteiger partial charge is 0.0713 e. The van der Waals surface area contributed by atoms with Gasteiger partial charge in [0.2, 0.25) is 0 Å². The third-order valence-electron chi connectivity index (χ3n) is 5.11. The lowest BCUT2D eigenvalue weighted by atomic mass is 9.66. The third-order valence-corrected chi connectivity index (χ3v) is 5.11. The molecule has 0 radical (unpaired) electrons. The number of benzene rings is 2. The quantitative estimate of drug-likeness (QED) is 0.427. The molecule has 0 aromatic heterocycles. The Morgan fingerprint density at radius 1 is 0.700 bits per heavy atom. The highest BCUT2D eigenvalue weighted by molar-refractivity contribution is 5.87. The van der Waals surface area contributed by atoms with Crippen LogP contribution in [-0.4, -0.2) is 0 Å². The van der Waals surface area contributed by atoms with Gasteiger partial charge in [0.1, 0.15) is 0 Å². The first-order valence-electron chi connectivity index (χ1n) is 10.4. The van der Waals surface area contributed by atoms with Crippen LogP contribution >= 0.6 is 0 Å². The Kier molecular flexibility index (Phi) is 9.78. The van der Waals surface area contributed by atoms with E-state index in [-0.39, 0.29) is 7.43 Å². The molecule has 1 aliphatic carbocycles. The molecule has 0 unspecified atom stereocenters. The molecule has 0 fully saturated rings. The average molecular weight is 397 g/mol. The molecule has 0 N–H and O–H groups in total. The molecule has 0 heterocycles. The zero-order valence-corrected chi connectivity index (χ0v) is 18.2. The molecular weight excluding hydrogens is 360 g/mol. The fraction of sp³-hybridized carbons (Fsp3) is 0.200. The highest BCUT2D eigenvalue weighted by Crippen LogP contribution is 2.57.